The predicted octanol–water partition coefficient (Wildman–Crippen LogP) is 1.85. The third-order valence-electron chi connectivity index (χ3n) is 6.15. The SMILES string of the molecule is Cn1cc(NC(=O)c2coc(-c3ccnc(N(CC4CC4)C(=O)O)c3)n2)c(N2CCN(CCO)C2=O)n1. The van der Waals surface area contributed by atoms with Crippen LogP contribution in [0.25, 0.3) is 11.5 Å². The van der Waals surface area contributed by atoms with E-state index in [2.05, 4.69) is 20.4 Å². The number of nitrogens with zero attached hydrogens (tertiary/aromatic N) is 7. The number of aromatic nitrogens is 4. The number of carbonyl (C=O) groups is 3. The van der Waals surface area contributed by atoms with Crippen LogP contribution in [-0.2, 0) is 7.05 Å². The number of aliphatic hydroxyl groups is 1. The Bertz CT molecular complexity index is 1330. The molecule has 0 radical (unpaired) electrons. The van der Waals surface area contributed by atoms with E-state index in [1.807, 2.05) is 0 Å². The van der Waals surface area contributed by atoms with Crippen LogP contribution < -0.4 is 15.1 Å². The van der Waals surface area contributed by atoms with Crippen LogP contribution in [0.1, 0.15) is 23.3 Å². The highest BCUT2D eigenvalue weighted by atomic mass is 16.4. The minimum atomic E-state index is -1.09. The van der Waals surface area contributed by atoms with Crippen molar-refractivity contribution in [3.05, 3.63) is 36.5 Å². The van der Waals surface area contributed by atoms with Gasteiger partial charge >= 0.3 is 12.1 Å². The number of nitrogens with one attached hydrogen (secondary N) is 1. The lowest BCUT2D eigenvalue weighted by Crippen LogP contribution is -2.34. The van der Waals surface area contributed by atoms with Gasteiger partial charge in [-0.3, -0.25) is 19.3 Å². The molecule has 4 heterocycles. The first-order valence-corrected chi connectivity index (χ1v) is 11.8. The number of aliphatic hydroxyl groups excluding tert-OH is 1. The molecule has 14 heteroatoms. The first-order chi connectivity index (χ1) is 17.8. The summed E-state index contributed by atoms with van der Waals surface area (Å²) in [6.45, 7) is 1.24. The van der Waals surface area contributed by atoms with Gasteiger partial charge in [0.05, 0.1) is 12.8 Å². The number of pyridine rings is 1. The number of carboxylic acid groups (broad SMARTS) is 1. The van der Waals surface area contributed by atoms with E-state index in [1.54, 1.807) is 25.4 Å². The van der Waals surface area contributed by atoms with Crippen LogP contribution in [0.4, 0.5) is 26.9 Å². The molecule has 3 aromatic heterocycles. The minimum Gasteiger partial charge on any atom is -0.465 e. The number of β-amino-alcohol motifs (C(OH)–C–C–N with tert-alkyl or cyclic N) is 1. The normalized spacial score (nSPS) is 15.4. The van der Waals surface area contributed by atoms with Crippen molar-refractivity contribution in [3.63, 3.8) is 0 Å². The van der Waals surface area contributed by atoms with Crippen LogP contribution in [0.5, 0.6) is 0 Å². The summed E-state index contributed by atoms with van der Waals surface area (Å²) in [5.41, 5.74) is 0.783. The van der Waals surface area contributed by atoms with Gasteiger partial charge in [0.2, 0.25) is 5.89 Å². The maximum atomic E-state index is 13.0. The molecule has 0 unspecified atom stereocenters. The third kappa shape index (κ3) is 5.09. The molecular weight excluding hydrogens is 484 g/mol. The van der Waals surface area contributed by atoms with Crippen LogP contribution >= 0.6 is 0 Å². The minimum absolute atomic E-state index is 0.00843. The maximum Gasteiger partial charge on any atom is 0.413 e. The topological polar surface area (TPSA) is 170 Å². The number of oxazole rings is 1. The van der Waals surface area contributed by atoms with E-state index in [1.165, 1.54) is 31.8 Å². The highest BCUT2D eigenvalue weighted by molar-refractivity contribution is 6.06. The standard InChI is InChI=1S/C23H26N8O6/c1-28-12-16(19(27-28)30-7-6-29(8-9-32)22(30)34)25-20(33)17-13-37-21(26-17)15-4-5-24-18(10-15)31(23(35)36)11-14-2-3-14/h4-5,10,12-14,32H,2-3,6-9,11H2,1H3,(H,25,33)(H,35,36). The molecule has 0 aromatic carbocycles. The number of anilines is 3. The summed E-state index contributed by atoms with van der Waals surface area (Å²) < 4.78 is 6.99. The first kappa shape index (κ1) is 24.2. The molecule has 0 bridgehead atoms. The zero-order valence-electron chi connectivity index (χ0n) is 20.1. The van der Waals surface area contributed by atoms with Crippen molar-refractivity contribution < 1.29 is 29.0 Å². The van der Waals surface area contributed by atoms with Crippen molar-refractivity contribution in [2.24, 2.45) is 13.0 Å². The molecule has 194 valence electrons. The van der Waals surface area contributed by atoms with E-state index in [0.717, 1.165) is 12.8 Å². The Morgan fingerprint density at radius 3 is 2.84 bits per heavy atom. The number of aryl methyl sites for hydroxylation is 1. The molecule has 0 atom stereocenters. The molecule has 2 fully saturated rings. The zero-order valence-corrected chi connectivity index (χ0v) is 20.1. The van der Waals surface area contributed by atoms with Gasteiger partial charge < -0.3 is 24.8 Å². The van der Waals surface area contributed by atoms with Gasteiger partial charge in [-0.25, -0.2) is 19.6 Å². The van der Waals surface area contributed by atoms with Gasteiger partial charge in [-0.15, -0.1) is 0 Å². The molecular formula is C23H26N8O6. The molecule has 1 saturated heterocycles. The van der Waals surface area contributed by atoms with Crippen molar-refractivity contribution >= 4 is 35.4 Å². The summed E-state index contributed by atoms with van der Waals surface area (Å²) in [7, 11) is 1.67. The number of rotatable bonds is 9. The molecule has 1 aliphatic carbocycles. The molecule has 1 saturated carbocycles. The van der Waals surface area contributed by atoms with E-state index in [0.29, 0.717) is 36.8 Å². The molecule has 5 rings (SSSR count). The third-order valence-corrected chi connectivity index (χ3v) is 6.15. The molecule has 3 N–H and O–H groups in total. The monoisotopic (exact) mass is 510 g/mol. The van der Waals surface area contributed by atoms with Crippen molar-refractivity contribution in [3.8, 4) is 11.5 Å². The Balaban J connectivity index is 1.32. The summed E-state index contributed by atoms with van der Waals surface area (Å²) in [6.07, 6.45) is 5.13. The molecule has 3 aromatic rings. The lowest BCUT2D eigenvalue weighted by molar-refractivity contribution is 0.102. The second-order valence-electron chi connectivity index (χ2n) is 8.92. The first-order valence-electron chi connectivity index (χ1n) is 11.8. The van der Waals surface area contributed by atoms with Crippen LogP contribution in [0.3, 0.4) is 0 Å². The largest absolute Gasteiger partial charge is 0.465 e. The summed E-state index contributed by atoms with van der Waals surface area (Å²) >= 11 is 0. The summed E-state index contributed by atoms with van der Waals surface area (Å²) in [5, 5.41) is 25.8. The Kier molecular flexibility index (Phi) is 6.48. The summed E-state index contributed by atoms with van der Waals surface area (Å²) in [5.74, 6) is 0.439. The number of hydrogen-bond donors (Lipinski definition) is 3. The summed E-state index contributed by atoms with van der Waals surface area (Å²) in [4.78, 5) is 49.9. The second kappa shape index (κ2) is 9.89. The van der Waals surface area contributed by atoms with E-state index >= 15 is 0 Å². The highest BCUT2D eigenvalue weighted by Crippen LogP contribution is 2.32. The fraction of sp³-hybridized carbons (Fsp3) is 0.391. The van der Waals surface area contributed by atoms with Gasteiger partial charge in [-0.2, -0.15) is 5.10 Å². The molecule has 2 aliphatic rings. The van der Waals surface area contributed by atoms with Crippen molar-refractivity contribution in [2.75, 3.05) is 47.9 Å². The predicted molar refractivity (Wildman–Crippen MR) is 130 cm³/mol. The van der Waals surface area contributed by atoms with Crippen molar-refractivity contribution in [1.82, 2.24) is 24.6 Å². The Morgan fingerprint density at radius 1 is 1.30 bits per heavy atom. The van der Waals surface area contributed by atoms with Gasteiger partial charge in [-0.05, 0) is 30.9 Å². The average Bonchev–Trinajstić information content (AvgIpc) is 3.25. The van der Waals surface area contributed by atoms with E-state index in [4.69, 9.17) is 9.52 Å². The van der Waals surface area contributed by atoms with Gasteiger partial charge in [0.15, 0.2) is 11.5 Å². The molecule has 14 nitrogen and oxygen atoms in total. The average molecular weight is 511 g/mol. The highest BCUT2D eigenvalue weighted by Gasteiger charge is 2.33. The van der Waals surface area contributed by atoms with E-state index in [-0.39, 0.29) is 42.4 Å². The fourth-order valence-electron chi connectivity index (χ4n) is 4.10. The lowest BCUT2D eigenvalue weighted by Gasteiger charge is -2.18. The van der Waals surface area contributed by atoms with Gasteiger partial charge in [0, 0.05) is 45.0 Å². The Morgan fingerprint density at radius 2 is 2.11 bits per heavy atom. The van der Waals surface area contributed by atoms with Gasteiger partial charge in [0.25, 0.3) is 5.91 Å². The van der Waals surface area contributed by atoms with Crippen LogP contribution in [0, 0.1) is 5.92 Å². The Labute approximate surface area is 211 Å². The van der Waals surface area contributed by atoms with E-state index in [9.17, 15) is 19.5 Å². The fourth-order valence-corrected chi connectivity index (χ4v) is 4.10. The number of amides is 4. The zero-order chi connectivity index (χ0) is 26.1. The second-order valence-corrected chi connectivity index (χ2v) is 8.92. The quantitative estimate of drug-likeness (QED) is 0.389. The number of urea groups is 1. The molecule has 37 heavy (non-hydrogen) atoms. The van der Waals surface area contributed by atoms with E-state index < -0.39 is 12.0 Å². The van der Waals surface area contributed by atoms with Crippen LogP contribution in [-0.4, -0.2) is 85.7 Å². The lowest BCUT2D eigenvalue weighted by atomic mass is 10.2. The smallest absolute Gasteiger partial charge is 0.413 e. The molecule has 0 spiro atoms. The number of hydrogen-bond acceptors (Lipinski definition) is 8. The van der Waals surface area contributed by atoms with Crippen LogP contribution in [0.15, 0.2) is 35.2 Å². The Hall–Kier alpha value is -4.46. The maximum absolute atomic E-state index is 13.0. The van der Waals surface area contributed by atoms with Gasteiger partial charge in [0.1, 0.15) is 17.8 Å². The van der Waals surface area contributed by atoms with Crippen molar-refractivity contribution in [2.45, 2.75) is 12.8 Å². The molecule has 4 amide bonds. The van der Waals surface area contributed by atoms with Crippen LogP contribution in [0.2, 0.25) is 0 Å². The van der Waals surface area contributed by atoms with Gasteiger partial charge in [-0.1, -0.05) is 0 Å². The summed E-state index contributed by atoms with van der Waals surface area (Å²) in [6, 6.07) is 2.86. The number of carbonyl (C=O) groups excluding carboxylic acids is 2. The van der Waals surface area contributed by atoms with Crippen molar-refractivity contribution in [1.29, 1.82) is 0 Å². The molecule has 1 aliphatic heterocycles.